The Labute approximate surface area is 161 Å². The maximum absolute atomic E-state index is 12.4. The summed E-state index contributed by atoms with van der Waals surface area (Å²) in [6.07, 6.45) is 3.26. The highest BCUT2D eigenvalue weighted by Gasteiger charge is 2.12. The van der Waals surface area contributed by atoms with Crippen LogP contribution in [0.5, 0.6) is 5.75 Å². The summed E-state index contributed by atoms with van der Waals surface area (Å²) in [6, 6.07) is 11.3. The van der Waals surface area contributed by atoms with Crippen LogP contribution in [0.4, 0.5) is 5.95 Å². The summed E-state index contributed by atoms with van der Waals surface area (Å²) in [6.45, 7) is 3.31. The first-order chi connectivity index (χ1) is 13.7. The van der Waals surface area contributed by atoms with Gasteiger partial charge in [-0.25, -0.2) is 9.97 Å². The van der Waals surface area contributed by atoms with Gasteiger partial charge in [-0.2, -0.15) is 0 Å². The number of pyridine rings is 2. The molecule has 1 amide bonds. The molecule has 0 aliphatic carbocycles. The lowest BCUT2D eigenvalue weighted by molar-refractivity contribution is 0.0947. The number of aryl methyl sites for hydroxylation is 1. The van der Waals surface area contributed by atoms with Crippen LogP contribution in [0.1, 0.15) is 17.3 Å². The highest BCUT2D eigenvalue weighted by Crippen LogP contribution is 2.22. The molecule has 0 atom stereocenters. The van der Waals surface area contributed by atoms with Gasteiger partial charge in [0.1, 0.15) is 23.4 Å². The molecule has 0 spiro atoms. The van der Waals surface area contributed by atoms with Crippen LogP contribution in [-0.4, -0.2) is 38.6 Å². The third-order valence-electron chi connectivity index (χ3n) is 4.43. The first-order valence-electron chi connectivity index (χ1n) is 9.04. The first-order valence-corrected chi connectivity index (χ1v) is 9.04. The second-order valence-electron chi connectivity index (χ2n) is 6.22. The number of nitrogens with two attached hydrogens (primary N) is 1. The number of nitrogen functional groups attached to an aromatic ring is 1. The van der Waals surface area contributed by atoms with E-state index >= 15 is 0 Å². The minimum Gasteiger partial charge on any atom is -0.489 e. The molecule has 142 valence electrons. The van der Waals surface area contributed by atoms with Gasteiger partial charge in [0, 0.05) is 24.3 Å². The van der Waals surface area contributed by atoms with Crippen molar-refractivity contribution in [2.75, 3.05) is 18.9 Å². The van der Waals surface area contributed by atoms with Crippen LogP contribution in [0.3, 0.4) is 0 Å². The standard InChI is InChI=1S/C20H20N6O2/c1-2-26-18-15(25-20(26)21)11-14(12-24-18)19(27)23-9-10-28-16-7-3-5-13-6-4-8-22-17(13)16/h3-8,11-12H,2,9-10H2,1H3,(H2,21,25)(H,23,27). The molecule has 4 rings (SSSR count). The van der Waals surface area contributed by atoms with Gasteiger partial charge in [-0.3, -0.25) is 14.3 Å². The molecule has 3 N–H and O–H groups in total. The molecular weight excluding hydrogens is 356 g/mol. The molecule has 0 aliphatic heterocycles. The molecule has 28 heavy (non-hydrogen) atoms. The van der Waals surface area contributed by atoms with Crippen LogP contribution < -0.4 is 15.8 Å². The molecule has 0 unspecified atom stereocenters. The normalized spacial score (nSPS) is 11.0. The number of anilines is 1. The molecule has 0 saturated carbocycles. The van der Waals surface area contributed by atoms with E-state index in [4.69, 9.17) is 10.5 Å². The fraction of sp³-hybridized carbons (Fsp3) is 0.200. The number of aromatic nitrogens is 4. The number of carbonyl (C=O) groups excluding carboxylic acids is 1. The summed E-state index contributed by atoms with van der Waals surface area (Å²) in [7, 11) is 0. The Balaban J connectivity index is 1.38. The first kappa shape index (κ1) is 17.7. The van der Waals surface area contributed by atoms with Crippen molar-refractivity contribution in [2.45, 2.75) is 13.5 Å². The predicted molar refractivity (Wildman–Crippen MR) is 107 cm³/mol. The van der Waals surface area contributed by atoms with Gasteiger partial charge < -0.3 is 15.8 Å². The average molecular weight is 376 g/mol. The Hall–Kier alpha value is -3.68. The average Bonchev–Trinajstić information content (AvgIpc) is 3.05. The number of ether oxygens (including phenoxy) is 1. The fourth-order valence-electron chi connectivity index (χ4n) is 3.08. The lowest BCUT2D eigenvalue weighted by Crippen LogP contribution is -2.28. The van der Waals surface area contributed by atoms with Crippen molar-refractivity contribution in [3.05, 3.63) is 54.4 Å². The van der Waals surface area contributed by atoms with Crippen molar-refractivity contribution in [3.8, 4) is 5.75 Å². The van der Waals surface area contributed by atoms with Crippen molar-refractivity contribution in [1.82, 2.24) is 24.8 Å². The third kappa shape index (κ3) is 3.32. The zero-order chi connectivity index (χ0) is 19.5. The quantitative estimate of drug-likeness (QED) is 0.500. The van der Waals surface area contributed by atoms with E-state index in [-0.39, 0.29) is 5.91 Å². The van der Waals surface area contributed by atoms with E-state index in [0.29, 0.717) is 48.1 Å². The maximum Gasteiger partial charge on any atom is 0.253 e. The molecule has 0 aliphatic rings. The summed E-state index contributed by atoms with van der Waals surface area (Å²) in [5.41, 5.74) is 8.38. The highest BCUT2D eigenvalue weighted by atomic mass is 16.5. The molecule has 3 aromatic heterocycles. The van der Waals surface area contributed by atoms with E-state index in [2.05, 4.69) is 20.3 Å². The number of hydrogen-bond donors (Lipinski definition) is 2. The molecule has 3 heterocycles. The number of para-hydroxylation sites is 1. The zero-order valence-electron chi connectivity index (χ0n) is 15.4. The monoisotopic (exact) mass is 376 g/mol. The number of hydrogen-bond acceptors (Lipinski definition) is 6. The van der Waals surface area contributed by atoms with Crippen molar-refractivity contribution < 1.29 is 9.53 Å². The summed E-state index contributed by atoms with van der Waals surface area (Å²) in [5, 5.41) is 3.84. The smallest absolute Gasteiger partial charge is 0.253 e. The molecule has 4 aromatic rings. The number of imidazole rings is 1. The van der Waals surface area contributed by atoms with Gasteiger partial charge in [-0.1, -0.05) is 18.2 Å². The van der Waals surface area contributed by atoms with Crippen LogP contribution in [0.25, 0.3) is 22.1 Å². The van der Waals surface area contributed by atoms with Crippen molar-refractivity contribution >= 4 is 33.9 Å². The molecule has 0 saturated heterocycles. The third-order valence-corrected chi connectivity index (χ3v) is 4.43. The van der Waals surface area contributed by atoms with Crippen LogP contribution in [0.15, 0.2) is 48.8 Å². The molecule has 8 nitrogen and oxygen atoms in total. The Morgan fingerprint density at radius 1 is 1.25 bits per heavy atom. The second-order valence-corrected chi connectivity index (χ2v) is 6.22. The maximum atomic E-state index is 12.4. The molecule has 1 aromatic carbocycles. The van der Waals surface area contributed by atoms with Gasteiger partial charge in [0.15, 0.2) is 5.65 Å². The Morgan fingerprint density at radius 2 is 2.11 bits per heavy atom. The van der Waals surface area contributed by atoms with Crippen LogP contribution in [0, 0.1) is 0 Å². The highest BCUT2D eigenvalue weighted by molar-refractivity contribution is 5.96. The van der Waals surface area contributed by atoms with E-state index in [1.807, 2.05) is 37.3 Å². The predicted octanol–water partition coefficient (Wildman–Crippen LogP) is 2.39. The number of nitrogens with zero attached hydrogens (tertiary/aromatic N) is 4. The summed E-state index contributed by atoms with van der Waals surface area (Å²) in [5.74, 6) is 0.842. The lowest BCUT2D eigenvalue weighted by Gasteiger charge is -2.09. The van der Waals surface area contributed by atoms with Crippen LogP contribution in [0.2, 0.25) is 0 Å². The minimum atomic E-state index is -0.237. The largest absolute Gasteiger partial charge is 0.489 e. The van der Waals surface area contributed by atoms with Crippen molar-refractivity contribution in [3.63, 3.8) is 0 Å². The van der Waals surface area contributed by atoms with Gasteiger partial charge in [0.05, 0.1) is 12.1 Å². The fourth-order valence-corrected chi connectivity index (χ4v) is 3.08. The molecule has 8 heteroatoms. The lowest BCUT2D eigenvalue weighted by atomic mass is 10.2. The number of rotatable bonds is 6. The summed E-state index contributed by atoms with van der Waals surface area (Å²) < 4.78 is 7.58. The van der Waals surface area contributed by atoms with Gasteiger partial charge >= 0.3 is 0 Å². The van der Waals surface area contributed by atoms with E-state index in [1.165, 1.54) is 6.20 Å². The van der Waals surface area contributed by atoms with Gasteiger partial charge in [0.2, 0.25) is 5.95 Å². The summed E-state index contributed by atoms with van der Waals surface area (Å²) >= 11 is 0. The number of carbonyl (C=O) groups is 1. The van der Waals surface area contributed by atoms with Crippen molar-refractivity contribution in [2.24, 2.45) is 0 Å². The Bertz CT molecular complexity index is 1150. The Morgan fingerprint density at radius 3 is 2.96 bits per heavy atom. The van der Waals surface area contributed by atoms with E-state index < -0.39 is 0 Å². The summed E-state index contributed by atoms with van der Waals surface area (Å²) in [4.78, 5) is 25.3. The van der Waals surface area contributed by atoms with Gasteiger partial charge in [-0.15, -0.1) is 0 Å². The molecular formula is C20H20N6O2. The SMILES string of the molecule is CCn1c(N)nc2cc(C(=O)NCCOc3cccc4cccnc34)cnc21. The molecule has 0 bridgehead atoms. The minimum absolute atomic E-state index is 0.237. The van der Waals surface area contributed by atoms with E-state index in [9.17, 15) is 4.79 Å². The molecule has 0 fully saturated rings. The number of amides is 1. The van der Waals surface area contributed by atoms with Gasteiger partial charge in [-0.05, 0) is 25.1 Å². The Kier molecular flexibility index (Phi) is 4.76. The van der Waals surface area contributed by atoms with E-state index in [1.54, 1.807) is 16.8 Å². The van der Waals surface area contributed by atoms with Crippen molar-refractivity contribution in [1.29, 1.82) is 0 Å². The topological polar surface area (TPSA) is 108 Å². The van der Waals surface area contributed by atoms with Crippen LogP contribution in [-0.2, 0) is 6.54 Å². The molecule has 0 radical (unpaired) electrons. The number of fused-ring (bicyclic) bond motifs is 2. The van der Waals surface area contributed by atoms with Crippen LogP contribution >= 0.6 is 0 Å². The van der Waals surface area contributed by atoms with E-state index in [0.717, 1.165) is 10.9 Å². The number of benzene rings is 1. The van der Waals surface area contributed by atoms with Gasteiger partial charge in [0.25, 0.3) is 5.91 Å². The zero-order valence-corrected chi connectivity index (χ0v) is 15.4. The second kappa shape index (κ2) is 7.51. The number of nitrogens with one attached hydrogen (secondary N) is 1.